The van der Waals surface area contributed by atoms with E-state index in [4.69, 9.17) is 4.74 Å². The first-order valence-corrected chi connectivity index (χ1v) is 13.5. The summed E-state index contributed by atoms with van der Waals surface area (Å²) in [5.41, 5.74) is 2.44. The van der Waals surface area contributed by atoms with Crippen molar-refractivity contribution in [3.8, 4) is 0 Å². The molecule has 0 unspecified atom stereocenters. The highest BCUT2D eigenvalue weighted by atomic mass is 32.2. The van der Waals surface area contributed by atoms with E-state index >= 15 is 0 Å². The van der Waals surface area contributed by atoms with E-state index in [1.54, 1.807) is 32.9 Å². The molecule has 2 heterocycles. The third-order valence-corrected chi connectivity index (χ3v) is 7.25. The van der Waals surface area contributed by atoms with Crippen molar-refractivity contribution in [3.63, 3.8) is 0 Å². The maximum Gasteiger partial charge on any atom is 0.344 e. The van der Waals surface area contributed by atoms with Crippen LogP contribution in [-0.2, 0) is 9.53 Å². The van der Waals surface area contributed by atoms with Crippen LogP contribution in [0.4, 0.5) is 11.4 Å². The van der Waals surface area contributed by atoms with Crippen molar-refractivity contribution >= 4 is 46.1 Å². The molecular weight excluding hydrogens is 522 g/mol. The summed E-state index contributed by atoms with van der Waals surface area (Å²) in [6.45, 7) is 12.6. The zero-order valence-electron chi connectivity index (χ0n) is 22.7. The molecule has 0 atom stereocenters. The van der Waals surface area contributed by atoms with Crippen molar-refractivity contribution in [2.75, 3.05) is 32.8 Å². The number of ether oxygens (including phenoxy) is 1. The maximum absolute atomic E-state index is 12.9. The Bertz CT molecular complexity index is 1360. The fourth-order valence-corrected chi connectivity index (χ4v) is 5.15. The van der Waals surface area contributed by atoms with Crippen LogP contribution in [0.5, 0.6) is 0 Å². The van der Waals surface area contributed by atoms with Gasteiger partial charge in [-0.05, 0) is 51.6 Å². The number of nitrogens with one attached hydrogen (secondary N) is 2. The van der Waals surface area contributed by atoms with Crippen LogP contribution >= 0.6 is 11.8 Å². The Morgan fingerprint density at radius 3 is 2.62 bits per heavy atom. The van der Waals surface area contributed by atoms with E-state index < -0.39 is 10.9 Å². The molecule has 1 aliphatic rings. The molecule has 39 heavy (non-hydrogen) atoms. The Labute approximate surface area is 231 Å². The zero-order chi connectivity index (χ0) is 28.7. The van der Waals surface area contributed by atoms with E-state index in [9.17, 15) is 24.8 Å². The van der Waals surface area contributed by atoms with Crippen LogP contribution in [0.25, 0.3) is 6.08 Å². The number of likely N-dealkylation sites (N-methyl/N-ethyl adjacent to an activating group) is 1. The monoisotopic (exact) mass is 555 g/mol. The van der Waals surface area contributed by atoms with Crippen molar-refractivity contribution < 1.29 is 24.4 Å². The Morgan fingerprint density at radius 1 is 1.26 bits per heavy atom. The number of aliphatic hydroxyl groups excluding tert-OH is 1. The number of nitro benzene ring substituents is 1. The molecule has 12 heteroatoms. The van der Waals surface area contributed by atoms with Crippen molar-refractivity contribution in [3.05, 3.63) is 73.1 Å². The average molecular weight is 556 g/mol. The van der Waals surface area contributed by atoms with Gasteiger partial charge in [0.25, 0.3) is 11.6 Å². The highest BCUT2D eigenvalue weighted by Crippen LogP contribution is 2.41. The number of carbonyl (C=O) groups excluding carboxylic acids is 2. The third-order valence-electron chi connectivity index (χ3n) is 6.23. The normalized spacial score (nSPS) is 15.4. The number of hydrogen-bond donors (Lipinski definition) is 3. The van der Waals surface area contributed by atoms with E-state index in [1.807, 2.05) is 0 Å². The predicted molar refractivity (Wildman–Crippen MR) is 152 cm³/mol. The first-order chi connectivity index (χ1) is 18.6. The van der Waals surface area contributed by atoms with Crippen LogP contribution in [0, 0.1) is 24.0 Å². The lowest BCUT2D eigenvalue weighted by molar-refractivity contribution is -0.384. The number of non-ortho nitro benzene ring substituents is 1. The fourth-order valence-electron chi connectivity index (χ4n) is 4.13. The van der Waals surface area contributed by atoms with Gasteiger partial charge in [0.05, 0.1) is 27.7 Å². The summed E-state index contributed by atoms with van der Waals surface area (Å²) in [5.74, 6) is -1.28. The molecule has 0 aliphatic carbocycles. The van der Waals surface area contributed by atoms with Crippen molar-refractivity contribution in [1.82, 2.24) is 15.2 Å². The van der Waals surface area contributed by atoms with E-state index in [2.05, 4.69) is 34.0 Å². The van der Waals surface area contributed by atoms with Crippen LogP contribution in [0.15, 0.2) is 45.5 Å². The lowest BCUT2D eigenvalue weighted by atomic mass is 10.1. The number of rotatable bonds is 11. The molecule has 0 radical (unpaired) electrons. The molecule has 0 bridgehead atoms. The van der Waals surface area contributed by atoms with Gasteiger partial charge in [-0.15, -0.1) is 0 Å². The summed E-state index contributed by atoms with van der Waals surface area (Å²) < 4.78 is 5.12. The number of H-pyrrole nitrogens is 1. The van der Waals surface area contributed by atoms with E-state index in [-0.39, 0.29) is 40.3 Å². The van der Waals surface area contributed by atoms with Gasteiger partial charge in [-0.2, -0.15) is 0 Å². The minimum atomic E-state index is -0.761. The van der Waals surface area contributed by atoms with Crippen molar-refractivity contribution in [1.29, 1.82) is 0 Å². The van der Waals surface area contributed by atoms with Crippen molar-refractivity contribution in [2.45, 2.75) is 34.6 Å². The molecule has 1 amide bonds. The minimum Gasteiger partial charge on any atom is -0.506 e. The molecule has 0 fully saturated rings. The number of carbonyl (C=O) groups is 2. The second-order valence-corrected chi connectivity index (χ2v) is 9.73. The second-order valence-electron chi connectivity index (χ2n) is 8.70. The number of aryl methyl sites for hydroxylation is 1. The number of esters is 1. The van der Waals surface area contributed by atoms with Gasteiger partial charge in [0.1, 0.15) is 16.4 Å². The molecule has 2 aromatic rings. The number of hydrogen-bond acceptors (Lipinski definition) is 9. The quantitative estimate of drug-likeness (QED) is 0.203. The molecule has 0 spiro atoms. The van der Waals surface area contributed by atoms with Crippen LogP contribution in [0.3, 0.4) is 0 Å². The van der Waals surface area contributed by atoms with Crippen LogP contribution < -0.4 is 5.32 Å². The summed E-state index contributed by atoms with van der Waals surface area (Å²) in [6, 6.07) is 5.66. The fraction of sp³-hybridized carbons (Fsp3) is 0.370. The largest absolute Gasteiger partial charge is 0.506 e. The number of aliphatic hydroxyl groups is 1. The van der Waals surface area contributed by atoms with Gasteiger partial charge < -0.3 is 25.0 Å². The highest BCUT2D eigenvalue weighted by molar-refractivity contribution is 8.18. The van der Waals surface area contributed by atoms with Crippen LogP contribution in [0.1, 0.15) is 48.1 Å². The zero-order valence-corrected chi connectivity index (χ0v) is 23.5. The topological polar surface area (TPSA) is 150 Å². The lowest BCUT2D eigenvalue weighted by Gasteiger charge is -2.18. The van der Waals surface area contributed by atoms with E-state index in [0.717, 1.165) is 31.4 Å². The minimum absolute atomic E-state index is 0.0884. The standard InChI is InChI=1S/C27H33N5O6S/c1-6-31(7-2)13-12-28-25(34)22-16(4)20(29-17(22)5)15-21-24(33)23(27(35)38-8-3)26(39-21)30-18-10-9-11-19(14-18)32(36)37/h9-11,14-15,29,33H,6-8,12-13H2,1-5H3,(H,28,34)/b21-15+,30-26?. The van der Waals surface area contributed by atoms with E-state index in [1.165, 1.54) is 18.2 Å². The molecule has 1 aromatic heterocycles. The van der Waals surface area contributed by atoms with Crippen LogP contribution in [-0.4, -0.2) is 69.6 Å². The number of nitro groups is 1. The number of thioether (sulfide) groups is 1. The predicted octanol–water partition coefficient (Wildman–Crippen LogP) is 4.80. The molecule has 11 nitrogen and oxygen atoms in total. The number of aromatic amines is 1. The summed E-state index contributed by atoms with van der Waals surface area (Å²) in [6.07, 6.45) is 1.64. The summed E-state index contributed by atoms with van der Waals surface area (Å²) in [7, 11) is 0. The first-order valence-electron chi connectivity index (χ1n) is 12.6. The summed E-state index contributed by atoms with van der Waals surface area (Å²) >= 11 is 1.03. The number of aromatic nitrogens is 1. The lowest BCUT2D eigenvalue weighted by Crippen LogP contribution is -2.35. The number of nitrogens with zero attached hydrogens (tertiary/aromatic N) is 3. The molecule has 1 aromatic carbocycles. The van der Waals surface area contributed by atoms with E-state index in [0.29, 0.717) is 34.0 Å². The van der Waals surface area contributed by atoms with Gasteiger partial charge in [0.2, 0.25) is 0 Å². The smallest absolute Gasteiger partial charge is 0.344 e. The SMILES string of the molecule is CCOC(=O)C1=C(O)/C(=C\c2[nH]c(C)c(C(=O)NCCN(CC)CC)c2C)SC1=Nc1cccc([N+](=O)[O-])c1. The van der Waals surface area contributed by atoms with Gasteiger partial charge in [-0.1, -0.05) is 31.7 Å². The number of aliphatic imine (C=N–C) groups is 1. The summed E-state index contributed by atoms with van der Waals surface area (Å²) in [5, 5.41) is 25.3. The average Bonchev–Trinajstić information content (AvgIpc) is 3.36. The van der Waals surface area contributed by atoms with Gasteiger partial charge >= 0.3 is 5.97 Å². The van der Waals surface area contributed by atoms with Gasteiger partial charge in [0, 0.05) is 36.6 Å². The number of amides is 1. The van der Waals surface area contributed by atoms with Crippen molar-refractivity contribution in [2.24, 2.45) is 4.99 Å². The molecule has 0 saturated carbocycles. The Hall–Kier alpha value is -3.90. The number of benzene rings is 1. The molecular formula is C27H33N5O6S. The van der Waals surface area contributed by atoms with Gasteiger partial charge in [0.15, 0.2) is 0 Å². The third kappa shape index (κ3) is 6.95. The Balaban J connectivity index is 1.94. The first kappa shape index (κ1) is 29.7. The summed E-state index contributed by atoms with van der Waals surface area (Å²) in [4.78, 5) is 46.4. The van der Waals surface area contributed by atoms with Gasteiger partial charge in [-0.25, -0.2) is 9.79 Å². The van der Waals surface area contributed by atoms with Gasteiger partial charge in [-0.3, -0.25) is 14.9 Å². The second kappa shape index (κ2) is 13.3. The highest BCUT2D eigenvalue weighted by Gasteiger charge is 2.34. The Morgan fingerprint density at radius 2 is 1.97 bits per heavy atom. The van der Waals surface area contributed by atoms with Crippen LogP contribution in [0.2, 0.25) is 0 Å². The molecule has 3 N–H and O–H groups in total. The molecule has 208 valence electrons. The molecule has 3 rings (SSSR count). The Kier molecular flexibility index (Phi) is 10.1. The molecule has 0 saturated heterocycles. The molecule has 1 aliphatic heterocycles. The maximum atomic E-state index is 12.9.